The van der Waals surface area contributed by atoms with Gasteiger partial charge < -0.3 is 24.9 Å². The van der Waals surface area contributed by atoms with Crippen LogP contribution in [0.5, 0.6) is 17.2 Å². The van der Waals surface area contributed by atoms with E-state index in [1.54, 1.807) is 12.1 Å². The van der Waals surface area contributed by atoms with E-state index in [0.717, 1.165) is 75.5 Å². The quantitative estimate of drug-likeness (QED) is 0.127. The van der Waals surface area contributed by atoms with Crippen molar-refractivity contribution in [3.05, 3.63) is 124 Å². The highest BCUT2D eigenvalue weighted by Gasteiger charge is 2.29. The van der Waals surface area contributed by atoms with Crippen molar-refractivity contribution < 1.29 is 19.4 Å². The molecule has 8 heteroatoms. The van der Waals surface area contributed by atoms with Gasteiger partial charge in [-0.15, -0.1) is 0 Å². The van der Waals surface area contributed by atoms with Gasteiger partial charge in [-0.2, -0.15) is 0 Å². The Kier molecular flexibility index (Phi) is 9.93. The third kappa shape index (κ3) is 7.39. The number of hydrogen-bond acceptors (Lipinski definition) is 5. The van der Waals surface area contributed by atoms with Crippen molar-refractivity contribution in [3.63, 3.8) is 0 Å². The van der Waals surface area contributed by atoms with Crippen molar-refractivity contribution in [3.8, 4) is 17.2 Å². The largest absolute Gasteiger partial charge is 0.494 e. The summed E-state index contributed by atoms with van der Waals surface area (Å²) in [5.41, 5.74) is 5.52. The molecule has 1 unspecified atom stereocenters. The zero-order valence-corrected chi connectivity index (χ0v) is 27.0. The van der Waals surface area contributed by atoms with Crippen molar-refractivity contribution in [2.24, 2.45) is 0 Å². The number of nitrogens with zero attached hydrogens (tertiary/aromatic N) is 1. The van der Waals surface area contributed by atoms with Crippen LogP contribution in [0.3, 0.4) is 0 Å². The van der Waals surface area contributed by atoms with Gasteiger partial charge in [-0.1, -0.05) is 54.1 Å². The number of nitrogens with one attached hydrogen (secondary N) is 2. The minimum absolute atomic E-state index is 0.0223. The number of aromatic amines is 1. The fourth-order valence-corrected chi connectivity index (χ4v) is 6.31. The molecule has 1 fully saturated rings. The number of para-hydroxylation sites is 2. The molecule has 3 N–H and O–H groups in total. The number of piperidine rings is 1. The molecule has 1 saturated heterocycles. The number of carbonyl (C=O) groups is 1. The Labute approximate surface area is 275 Å². The molecule has 1 aliphatic heterocycles. The van der Waals surface area contributed by atoms with Gasteiger partial charge in [0.05, 0.1) is 12.3 Å². The van der Waals surface area contributed by atoms with E-state index < -0.39 is 6.23 Å². The van der Waals surface area contributed by atoms with Crippen molar-refractivity contribution in [2.45, 2.75) is 51.8 Å². The smallest absolute Gasteiger partial charge is 0.251 e. The summed E-state index contributed by atoms with van der Waals surface area (Å²) < 4.78 is 12.0. The third-order valence-electron chi connectivity index (χ3n) is 8.64. The molecule has 5 aromatic rings. The molecule has 0 radical (unpaired) electrons. The van der Waals surface area contributed by atoms with Crippen LogP contribution in [0.2, 0.25) is 5.02 Å². The highest BCUT2D eigenvalue weighted by Crippen LogP contribution is 2.32. The van der Waals surface area contributed by atoms with Crippen molar-refractivity contribution in [2.75, 3.05) is 19.7 Å². The second-order valence-corrected chi connectivity index (χ2v) is 12.4. The Morgan fingerprint density at radius 2 is 1.63 bits per heavy atom. The SMILES string of the molecule is Cc1cc(OCCCc2c(C(O)N3CCC(NC(=O)c4cccc(Oc5ccccc5)c4)CC3)[nH]c3ccccc23)cc(C)c1Cl. The van der Waals surface area contributed by atoms with Crippen molar-refractivity contribution in [1.82, 2.24) is 15.2 Å². The van der Waals surface area contributed by atoms with Crippen molar-refractivity contribution in [1.29, 1.82) is 0 Å². The molecule has 0 saturated carbocycles. The molecule has 238 valence electrons. The average molecular weight is 638 g/mol. The summed E-state index contributed by atoms with van der Waals surface area (Å²) in [6.45, 7) is 5.86. The van der Waals surface area contributed by atoms with E-state index in [-0.39, 0.29) is 11.9 Å². The first-order chi connectivity index (χ1) is 22.4. The summed E-state index contributed by atoms with van der Waals surface area (Å²) in [5, 5.41) is 16.7. The molecule has 1 amide bonds. The van der Waals surface area contributed by atoms with Gasteiger partial charge in [-0.05, 0) is 105 Å². The van der Waals surface area contributed by atoms with E-state index in [1.165, 1.54) is 0 Å². The number of rotatable bonds is 11. The summed E-state index contributed by atoms with van der Waals surface area (Å²) in [6, 6.07) is 28.9. The molecule has 7 nitrogen and oxygen atoms in total. The minimum Gasteiger partial charge on any atom is -0.494 e. The first kappa shape index (κ1) is 31.7. The first-order valence-corrected chi connectivity index (χ1v) is 16.3. The van der Waals surface area contributed by atoms with Crippen LogP contribution in [0, 0.1) is 13.8 Å². The Morgan fingerprint density at radius 3 is 2.39 bits per heavy atom. The summed E-state index contributed by atoms with van der Waals surface area (Å²) in [6.07, 6.45) is 2.28. The first-order valence-electron chi connectivity index (χ1n) is 15.9. The summed E-state index contributed by atoms with van der Waals surface area (Å²) >= 11 is 6.32. The predicted molar refractivity (Wildman–Crippen MR) is 183 cm³/mol. The lowest BCUT2D eigenvalue weighted by atomic mass is 10.0. The second-order valence-electron chi connectivity index (χ2n) is 12.0. The molecule has 6 rings (SSSR count). The fraction of sp³-hybridized carbons (Fsp3) is 0.289. The molecular weight excluding hydrogens is 598 g/mol. The van der Waals surface area contributed by atoms with Gasteiger partial charge >= 0.3 is 0 Å². The highest BCUT2D eigenvalue weighted by molar-refractivity contribution is 6.32. The molecule has 4 aromatic carbocycles. The van der Waals surface area contributed by atoms with Gasteiger partial charge in [-0.25, -0.2) is 0 Å². The summed E-state index contributed by atoms with van der Waals surface area (Å²) in [5.74, 6) is 2.04. The lowest BCUT2D eigenvalue weighted by molar-refractivity contribution is -0.0175. The number of aliphatic hydroxyl groups excluding tert-OH is 1. The molecule has 0 bridgehead atoms. The number of hydrogen-bond donors (Lipinski definition) is 3. The highest BCUT2D eigenvalue weighted by atomic mass is 35.5. The molecule has 46 heavy (non-hydrogen) atoms. The van der Waals surface area contributed by atoms with Crippen LogP contribution in [-0.2, 0) is 6.42 Å². The van der Waals surface area contributed by atoms with Crippen LogP contribution >= 0.6 is 11.6 Å². The van der Waals surface area contributed by atoms with Crippen LogP contribution in [0.15, 0.2) is 91.0 Å². The minimum atomic E-state index is -0.770. The monoisotopic (exact) mass is 637 g/mol. The number of aliphatic hydroxyl groups is 1. The molecule has 0 spiro atoms. The van der Waals surface area contributed by atoms with Crippen molar-refractivity contribution >= 4 is 28.4 Å². The number of benzene rings is 4. The second kappa shape index (κ2) is 14.4. The van der Waals surface area contributed by atoms with Gasteiger partial charge in [0.15, 0.2) is 0 Å². The van der Waals surface area contributed by atoms with Gasteiger partial charge in [0.2, 0.25) is 0 Å². The third-order valence-corrected chi connectivity index (χ3v) is 9.24. The molecule has 0 aliphatic carbocycles. The fourth-order valence-electron chi connectivity index (χ4n) is 6.20. The zero-order chi connectivity index (χ0) is 32.0. The van der Waals surface area contributed by atoms with E-state index in [1.807, 2.05) is 86.6 Å². The van der Waals surface area contributed by atoms with E-state index in [9.17, 15) is 9.90 Å². The lowest BCUT2D eigenvalue weighted by Crippen LogP contribution is -2.45. The van der Waals surface area contributed by atoms with Crippen LogP contribution in [0.25, 0.3) is 10.9 Å². The molecule has 1 aromatic heterocycles. The van der Waals surface area contributed by atoms with Gasteiger partial charge in [-0.3, -0.25) is 9.69 Å². The molecule has 2 heterocycles. The molecular formula is C38H40ClN3O4. The van der Waals surface area contributed by atoms with Gasteiger partial charge in [0.1, 0.15) is 23.5 Å². The molecule has 1 atom stereocenters. The van der Waals surface area contributed by atoms with E-state index in [2.05, 4.69) is 21.3 Å². The number of ether oxygens (including phenoxy) is 2. The number of aryl methyl sites for hydroxylation is 3. The number of carbonyl (C=O) groups excluding carboxylic acids is 1. The van der Waals surface area contributed by atoms with Crippen LogP contribution in [0.1, 0.15) is 58.2 Å². The maximum atomic E-state index is 13.1. The van der Waals surface area contributed by atoms with Crippen LogP contribution < -0.4 is 14.8 Å². The Balaban J connectivity index is 1.05. The van der Waals surface area contributed by atoms with E-state index in [0.29, 0.717) is 31.0 Å². The molecule has 1 aliphatic rings. The van der Waals surface area contributed by atoms with E-state index in [4.69, 9.17) is 21.1 Å². The van der Waals surface area contributed by atoms with Gasteiger partial charge in [0.25, 0.3) is 5.91 Å². The van der Waals surface area contributed by atoms with Gasteiger partial charge in [0, 0.05) is 40.6 Å². The van der Waals surface area contributed by atoms with Crippen LogP contribution in [-0.4, -0.2) is 46.6 Å². The maximum absolute atomic E-state index is 13.1. The number of H-pyrrole nitrogens is 1. The Hall–Kier alpha value is -4.30. The number of aromatic nitrogens is 1. The van der Waals surface area contributed by atoms with Crippen LogP contribution in [0.4, 0.5) is 0 Å². The normalized spacial score (nSPS) is 14.7. The average Bonchev–Trinajstić information content (AvgIpc) is 3.44. The Morgan fingerprint density at radius 1 is 0.935 bits per heavy atom. The summed E-state index contributed by atoms with van der Waals surface area (Å²) in [7, 11) is 0. The Bertz CT molecular complexity index is 1770. The number of halogens is 1. The number of likely N-dealkylation sites (tertiary alicyclic amines) is 1. The standard InChI is InChI=1S/C38H40ClN3O4/c1-25-22-31(23-26(2)35(25)39)45-21-9-15-33-32-14-6-7-16-34(32)41-36(33)38(44)42-19-17-28(18-20-42)40-37(43)27-10-8-13-30(24-27)46-29-11-4-3-5-12-29/h3-8,10-14,16,22-24,28,38,41,44H,9,15,17-21H2,1-2H3,(H,40,43). The van der Waals surface area contributed by atoms with E-state index >= 15 is 0 Å². The maximum Gasteiger partial charge on any atom is 0.251 e. The predicted octanol–water partition coefficient (Wildman–Crippen LogP) is 8.13. The number of amides is 1. The summed E-state index contributed by atoms with van der Waals surface area (Å²) in [4.78, 5) is 18.7. The lowest BCUT2D eigenvalue weighted by Gasteiger charge is -2.35. The topological polar surface area (TPSA) is 86.8 Å². The number of fused-ring (bicyclic) bond motifs is 1. The zero-order valence-electron chi connectivity index (χ0n) is 26.3.